The summed E-state index contributed by atoms with van der Waals surface area (Å²) in [5.41, 5.74) is 4.05. The molecular formula is C31H37N3O2. The van der Waals surface area contributed by atoms with Crippen molar-refractivity contribution in [3.63, 3.8) is 0 Å². The second-order valence-corrected chi connectivity index (χ2v) is 10.4. The third-order valence-corrected chi connectivity index (χ3v) is 7.72. The van der Waals surface area contributed by atoms with E-state index in [0.717, 1.165) is 56.3 Å². The van der Waals surface area contributed by atoms with Gasteiger partial charge in [-0.05, 0) is 61.9 Å². The summed E-state index contributed by atoms with van der Waals surface area (Å²) in [7, 11) is 0. The Bertz CT molecular complexity index is 1180. The molecule has 2 fully saturated rings. The van der Waals surface area contributed by atoms with E-state index in [1.54, 1.807) is 0 Å². The molecule has 36 heavy (non-hydrogen) atoms. The molecule has 2 saturated carbocycles. The molecule has 0 unspecified atom stereocenters. The molecule has 0 aliphatic heterocycles. The summed E-state index contributed by atoms with van der Waals surface area (Å²) in [5, 5.41) is 0. The zero-order valence-corrected chi connectivity index (χ0v) is 21.3. The van der Waals surface area contributed by atoms with Gasteiger partial charge in [0.15, 0.2) is 0 Å². The van der Waals surface area contributed by atoms with E-state index < -0.39 is 0 Å². The first-order chi connectivity index (χ1) is 17.6. The molecule has 0 atom stereocenters. The van der Waals surface area contributed by atoms with Crippen LogP contribution in [0.3, 0.4) is 0 Å². The molecular weight excluding hydrogens is 446 g/mol. The first-order valence-electron chi connectivity index (χ1n) is 13.4. The van der Waals surface area contributed by atoms with Crippen LogP contribution in [-0.4, -0.2) is 44.8 Å². The number of nitrogens with zero attached hydrogens (tertiary/aromatic N) is 3. The van der Waals surface area contributed by atoms with Gasteiger partial charge in [0, 0.05) is 36.1 Å². The molecule has 2 amide bonds. The lowest BCUT2D eigenvalue weighted by atomic mass is 9.93. The molecule has 3 aromatic rings. The van der Waals surface area contributed by atoms with Crippen molar-refractivity contribution in [2.75, 3.05) is 6.54 Å². The van der Waals surface area contributed by atoms with Gasteiger partial charge in [0.05, 0.1) is 6.54 Å². The average Bonchev–Trinajstić information content (AvgIpc) is 3.66. The zero-order chi connectivity index (χ0) is 24.9. The second-order valence-electron chi connectivity index (χ2n) is 10.4. The summed E-state index contributed by atoms with van der Waals surface area (Å²) >= 11 is 0. The Balaban J connectivity index is 1.34. The molecule has 2 aliphatic rings. The van der Waals surface area contributed by atoms with E-state index in [4.69, 9.17) is 0 Å². The molecule has 0 bridgehead atoms. The van der Waals surface area contributed by atoms with Crippen LogP contribution in [0.2, 0.25) is 0 Å². The van der Waals surface area contributed by atoms with E-state index in [1.807, 2.05) is 47.1 Å². The van der Waals surface area contributed by atoms with E-state index >= 15 is 0 Å². The number of amides is 2. The summed E-state index contributed by atoms with van der Waals surface area (Å²) in [4.78, 5) is 31.5. The van der Waals surface area contributed by atoms with Crippen LogP contribution in [0.25, 0.3) is 0 Å². The molecule has 0 spiro atoms. The molecule has 1 heterocycles. The number of carbonyl (C=O) groups is 2. The van der Waals surface area contributed by atoms with Crippen LogP contribution in [0.15, 0.2) is 72.9 Å². The zero-order valence-electron chi connectivity index (χ0n) is 21.3. The van der Waals surface area contributed by atoms with Gasteiger partial charge in [0.25, 0.3) is 5.91 Å². The van der Waals surface area contributed by atoms with Crippen LogP contribution < -0.4 is 0 Å². The lowest BCUT2D eigenvalue weighted by Gasteiger charge is -2.36. The second kappa shape index (κ2) is 11.2. The standard InChI is InChI=1S/C31H37N3O2/c1-24-11-8-9-17-29(24)31(36)34(26-14-6-3-7-15-26)23-30(35)33(27-18-19-27)22-28-16-10-20-32(28)21-25-12-4-2-5-13-25/h2,4-5,8-13,16-17,20,26-27H,3,6-7,14-15,18-19,21-23H2,1H3. The number of aryl methyl sites for hydroxylation is 1. The fraction of sp³-hybridized carbons (Fsp3) is 0.419. The Morgan fingerprint density at radius 1 is 0.806 bits per heavy atom. The summed E-state index contributed by atoms with van der Waals surface area (Å²) in [6.07, 6.45) is 9.59. The SMILES string of the molecule is Cc1ccccc1C(=O)N(CC(=O)N(Cc1cccn1Cc1ccccc1)C1CC1)C1CCCCC1. The summed E-state index contributed by atoms with van der Waals surface area (Å²) in [6.45, 7) is 3.51. The van der Waals surface area contributed by atoms with E-state index in [0.29, 0.717) is 12.1 Å². The molecule has 0 radical (unpaired) electrons. The predicted molar refractivity (Wildman–Crippen MR) is 143 cm³/mol. The topological polar surface area (TPSA) is 45.6 Å². The van der Waals surface area contributed by atoms with Crippen molar-refractivity contribution in [2.24, 2.45) is 0 Å². The van der Waals surface area contributed by atoms with Crippen molar-refractivity contribution < 1.29 is 9.59 Å². The number of hydrogen-bond acceptors (Lipinski definition) is 2. The molecule has 5 nitrogen and oxygen atoms in total. The fourth-order valence-electron chi connectivity index (χ4n) is 5.47. The van der Waals surface area contributed by atoms with Crippen LogP contribution in [0.1, 0.15) is 72.1 Å². The van der Waals surface area contributed by atoms with Gasteiger partial charge in [-0.1, -0.05) is 67.8 Å². The minimum Gasteiger partial charge on any atom is -0.345 e. The van der Waals surface area contributed by atoms with Crippen molar-refractivity contribution in [3.8, 4) is 0 Å². The molecule has 5 rings (SSSR count). The third-order valence-electron chi connectivity index (χ3n) is 7.72. The van der Waals surface area contributed by atoms with Crippen LogP contribution in [0, 0.1) is 6.92 Å². The highest BCUT2D eigenvalue weighted by molar-refractivity contribution is 5.98. The van der Waals surface area contributed by atoms with Gasteiger partial charge >= 0.3 is 0 Å². The monoisotopic (exact) mass is 483 g/mol. The van der Waals surface area contributed by atoms with E-state index in [1.165, 1.54) is 12.0 Å². The lowest BCUT2D eigenvalue weighted by molar-refractivity contribution is -0.133. The normalized spacial score (nSPS) is 16.0. The van der Waals surface area contributed by atoms with Gasteiger partial charge in [-0.3, -0.25) is 9.59 Å². The van der Waals surface area contributed by atoms with Crippen LogP contribution in [-0.2, 0) is 17.9 Å². The van der Waals surface area contributed by atoms with Crippen molar-refractivity contribution >= 4 is 11.8 Å². The highest BCUT2D eigenvalue weighted by atomic mass is 16.2. The van der Waals surface area contributed by atoms with Crippen LogP contribution in [0.5, 0.6) is 0 Å². The largest absolute Gasteiger partial charge is 0.345 e. The molecule has 0 N–H and O–H groups in total. The Labute approximate surface area is 214 Å². The molecule has 2 aromatic carbocycles. The summed E-state index contributed by atoms with van der Waals surface area (Å²) < 4.78 is 2.23. The summed E-state index contributed by atoms with van der Waals surface area (Å²) in [6, 6.07) is 22.8. The van der Waals surface area contributed by atoms with E-state index in [2.05, 4.69) is 47.2 Å². The number of hydrogen-bond donors (Lipinski definition) is 0. The van der Waals surface area contributed by atoms with E-state index in [9.17, 15) is 9.59 Å². The predicted octanol–water partition coefficient (Wildman–Crippen LogP) is 5.81. The Kier molecular flexibility index (Phi) is 7.55. The molecule has 2 aliphatic carbocycles. The van der Waals surface area contributed by atoms with Gasteiger partial charge in [0.2, 0.25) is 5.91 Å². The maximum atomic E-state index is 13.8. The first kappa shape index (κ1) is 24.4. The molecule has 1 aromatic heterocycles. The number of carbonyl (C=O) groups excluding carboxylic acids is 2. The third kappa shape index (κ3) is 5.72. The Morgan fingerprint density at radius 3 is 2.22 bits per heavy atom. The van der Waals surface area contributed by atoms with Gasteiger partial charge in [-0.25, -0.2) is 0 Å². The quantitative estimate of drug-likeness (QED) is 0.385. The number of rotatable bonds is 9. The minimum absolute atomic E-state index is 0.00319. The van der Waals surface area contributed by atoms with Gasteiger partial charge in [-0.15, -0.1) is 0 Å². The summed E-state index contributed by atoms with van der Waals surface area (Å²) in [5.74, 6) is 0.0639. The molecule has 0 saturated heterocycles. The minimum atomic E-state index is -0.00319. The fourth-order valence-corrected chi connectivity index (χ4v) is 5.47. The van der Waals surface area contributed by atoms with Gasteiger partial charge in [-0.2, -0.15) is 0 Å². The average molecular weight is 484 g/mol. The molecule has 5 heteroatoms. The highest BCUT2D eigenvalue weighted by Gasteiger charge is 2.36. The van der Waals surface area contributed by atoms with Crippen molar-refractivity contribution in [3.05, 3.63) is 95.3 Å². The van der Waals surface area contributed by atoms with Crippen molar-refractivity contribution in [2.45, 2.75) is 77.0 Å². The lowest BCUT2D eigenvalue weighted by Crippen LogP contribution is -2.48. The maximum absolute atomic E-state index is 13.8. The Hall–Kier alpha value is -3.34. The highest BCUT2D eigenvalue weighted by Crippen LogP contribution is 2.30. The van der Waals surface area contributed by atoms with Gasteiger partial charge in [0.1, 0.15) is 6.54 Å². The Morgan fingerprint density at radius 2 is 1.50 bits per heavy atom. The van der Waals surface area contributed by atoms with Gasteiger partial charge < -0.3 is 14.4 Å². The molecule has 188 valence electrons. The number of aromatic nitrogens is 1. The first-order valence-corrected chi connectivity index (χ1v) is 13.4. The number of benzene rings is 2. The maximum Gasteiger partial charge on any atom is 0.254 e. The van der Waals surface area contributed by atoms with Crippen LogP contribution >= 0.6 is 0 Å². The smallest absolute Gasteiger partial charge is 0.254 e. The van der Waals surface area contributed by atoms with E-state index in [-0.39, 0.29) is 30.4 Å². The van der Waals surface area contributed by atoms with Crippen molar-refractivity contribution in [1.29, 1.82) is 0 Å². The van der Waals surface area contributed by atoms with Crippen LogP contribution in [0.4, 0.5) is 0 Å². The van der Waals surface area contributed by atoms with Crippen molar-refractivity contribution in [1.82, 2.24) is 14.4 Å².